The van der Waals surface area contributed by atoms with E-state index in [1.165, 1.54) is 25.7 Å². The number of nitrogens with zero attached hydrogens (tertiary/aromatic N) is 2. The second kappa shape index (κ2) is 6.34. The first-order valence-corrected chi connectivity index (χ1v) is 9.57. The Balaban J connectivity index is 1.42. The number of rotatable bonds is 2. The van der Waals surface area contributed by atoms with E-state index >= 15 is 0 Å². The molecule has 0 amide bonds. The Morgan fingerprint density at radius 2 is 1.74 bits per heavy atom. The predicted molar refractivity (Wildman–Crippen MR) is 90.5 cm³/mol. The van der Waals surface area contributed by atoms with Crippen LogP contribution >= 0.6 is 0 Å². The average Bonchev–Trinajstić information content (AvgIpc) is 2.88. The first kappa shape index (κ1) is 15.9. The fourth-order valence-electron chi connectivity index (χ4n) is 5.59. The third-order valence-corrected chi connectivity index (χ3v) is 6.89. The summed E-state index contributed by atoms with van der Waals surface area (Å²) in [6.45, 7) is 3.86. The lowest BCUT2D eigenvalue weighted by molar-refractivity contribution is -0.0470. The lowest BCUT2D eigenvalue weighted by atomic mass is 9.65. The molecule has 0 aromatic rings. The van der Waals surface area contributed by atoms with Gasteiger partial charge in [0.15, 0.2) is 0 Å². The van der Waals surface area contributed by atoms with Crippen molar-refractivity contribution in [1.29, 1.82) is 0 Å². The molecular weight excluding hydrogens is 290 g/mol. The van der Waals surface area contributed by atoms with Gasteiger partial charge in [0.05, 0.1) is 19.3 Å². The minimum atomic E-state index is -0.818. The molecule has 0 bridgehead atoms. The molecule has 23 heavy (non-hydrogen) atoms. The summed E-state index contributed by atoms with van der Waals surface area (Å²) in [5.74, 6) is 1.13. The summed E-state index contributed by atoms with van der Waals surface area (Å²) in [7, 11) is 0. The van der Waals surface area contributed by atoms with E-state index in [1.54, 1.807) is 0 Å². The highest BCUT2D eigenvalue weighted by Gasteiger charge is 2.55. The molecule has 130 valence electrons. The van der Waals surface area contributed by atoms with Crippen LogP contribution in [0.15, 0.2) is 4.99 Å². The number of ether oxygens (including phenoxy) is 1. The van der Waals surface area contributed by atoms with Gasteiger partial charge in [0, 0.05) is 25.0 Å². The van der Waals surface area contributed by atoms with Gasteiger partial charge >= 0.3 is 0 Å². The summed E-state index contributed by atoms with van der Waals surface area (Å²) in [4.78, 5) is 7.25. The molecule has 4 aliphatic rings. The number of fused-ring (bicyclic) bond motifs is 1. The van der Waals surface area contributed by atoms with Crippen LogP contribution in [0.5, 0.6) is 0 Å². The van der Waals surface area contributed by atoms with Crippen molar-refractivity contribution in [1.82, 2.24) is 4.90 Å². The van der Waals surface area contributed by atoms with E-state index in [9.17, 15) is 5.11 Å². The third kappa shape index (κ3) is 2.71. The first-order valence-electron chi connectivity index (χ1n) is 9.57. The Morgan fingerprint density at radius 3 is 2.48 bits per heavy atom. The van der Waals surface area contributed by atoms with E-state index in [-0.39, 0.29) is 12.0 Å². The maximum Gasteiger partial charge on any atom is 0.129 e. The zero-order valence-corrected chi connectivity index (χ0v) is 14.1. The van der Waals surface area contributed by atoms with E-state index < -0.39 is 5.60 Å². The molecule has 3 unspecified atom stereocenters. The summed E-state index contributed by atoms with van der Waals surface area (Å²) in [6, 6.07) is 0.950. The maximum atomic E-state index is 11.5. The van der Waals surface area contributed by atoms with E-state index in [1.807, 2.05) is 0 Å². The SMILES string of the molecule is NC1=NC2CCCCC2C1(O)C1CCC(N2CCOCC2)CC1. The Bertz CT molecular complexity index is 455. The highest BCUT2D eigenvalue weighted by Crippen LogP contribution is 2.47. The number of amidine groups is 1. The molecular formula is C18H31N3O2. The molecule has 2 aliphatic heterocycles. The van der Waals surface area contributed by atoms with Crippen LogP contribution in [0.1, 0.15) is 51.4 Å². The van der Waals surface area contributed by atoms with E-state index in [4.69, 9.17) is 10.5 Å². The van der Waals surface area contributed by atoms with Crippen LogP contribution in [0.2, 0.25) is 0 Å². The number of hydrogen-bond donors (Lipinski definition) is 2. The van der Waals surface area contributed by atoms with E-state index in [2.05, 4.69) is 9.89 Å². The van der Waals surface area contributed by atoms with Crippen molar-refractivity contribution in [3.63, 3.8) is 0 Å². The Morgan fingerprint density at radius 1 is 1.04 bits per heavy atom. The van der Waals surface area contributed by atoms with Gasteiger partial charge in [0.25, 0.3) is 0 Å². The molecule has 0 radical (unpaired) electrons. The fourth-order valence-corrected chi connectivity index (χ4v) is 5.59. The standard InChI is InChI=1S/C18H31N3O2/c19-17-18(22,15-3-1-2-4-16(15)20-17)13-5-7-14(8-6-13)21-9-11-23-12-10-21/h13-16,22H,1-12H2,(H2,19,20). The first-order chi connectivity index (χ1) is 11.2. The van der Waals surface area contributed by atoms with Crippen molar-refractivity contribution in [2.75, 3.05) is 26.3 Å². The van der Waals surface area contributed by atoms with Crippen molar-refractivity contribution in [3.05, 3.63) is 0 Å². The molecule has 3 atom stereocenters. The van der Waals surface area contributed by atoms with Gasteiger partial charge in [-0.2, -0.15) is 0 Å². The monoisotopic (exact) mass is 321 g/mol. The third-order valence-electron chi connectivity index (χ3n) is 6.89. The van der Waals surface area contributed by atoms with E-state index in [0.29, 0.717) is 17.8 Å². The molecule has 5 nitrogen and oxygen atoms in total. The van der Waals surface area contributed by atoms with Crippen molar-refractivity contribution < 1.29 is 9.84 Å². The Hall–Kier alpha value is -0.650. The lowest BCUT2D eigenvalue weighted by Crippen LogP contribution is -2.56. The van der Waals surface area contributed by atoms with Gasteiger partial charge in [-0.15, -0.1) is 0 Å². The van der Waals surface area contributed by atoms with Crippen LogP contribution < -0.4 is 5.73 Å². The largest absolute Gasteiger partial charge is 0.385 e. The summed E-state index contributed by atoms with van der Waals surface area (Å²) in [6.07, 6.45) is 9.17. The van der Waals surface area contributed by atoms with Gasteiger partial charge < -0.3 is 15.6 Å². The van der Waals surface area contributed by atoms with Crippen LogP contribution in [-0.4, -0.2) is 59.8 Å². The van der Waals surface area contributed by atoms with Gasteiger partial charge in [-0.25, -0.2) is 0 Å². The van der Waals surface area contributed by atoms with Crippen LogP contribution in [-0.2, 0) is 4.74 Å². The van der Waals surface area contributed by atoms with Gasteiger partial charge in [0.2, 0.25) is 0 Å². The normalized spacial score (nSPS) is 45.5. The maximum absolute atomic E-state index is 11.5. The van der Waals surface area contributed by atoms with Crippen molar-refractivity contribution >= 4 is 5.84 Å². The van der Waals surface area contributed by atoms with Crippen molar-refractivity contribution in [2.45, 2.75) is 69.1 Å². The Kier molecular flexibility index (Phi) is 4.37. The zero-order valence-electron chi connectivity index (χ0n) is 14.1. The minimum Gasteiger partial charge on any atom is -0.385 e. The average molecular weight is 321 g/mol. The van der Waals surface area contributed by atoms with Crippen LogP contribution in [0.25, 0.3) is 0 Å². The molecule has 3 fully saturated rings. The molecule has 2 heterocycles. The van der Waals surface area contributed by atoms with E-state index in [0.717, 1.165) is 52.0 Å². The minimum absolute atomic E-state index is 0.279. The Labute approximate surface area is 139 Å². The number of nitrogens with two attached hydrogens (primary N) is 1. The molecule has 2 aliphatic carbocycles. The van der Waals surface area contributed by atoms with Crippen LogP contribution in [0.3, 0.4) is 0 Å². The second-order valence-corrected chi connectivity index (χ2v) is 7.95. The number of aliphatic hydroxyl groups is 1. The fraction of sp³-hybridized carbons (Fsp3) is 0.944. The van der Waals surface area contributed by atoms with Crippen molar-refractivity contribution in [3.8, 4) is 0 Å². The van der Waals surface area contributed by atoms with Crippen molar-refractivity contribution in [2.24, 2.45) is 22.6 Å². The smallest absolute Gasteiger partial charge is 0.129 e. The summed E-state index contributed by atoms with van der Waals surface area (Å²) >= 11 is 0. The van der Waals surface area contributed by atoms with Gasteiger partial charge in [-0.05, 0) is 44.4 Å². The highest BCUT2D eigenvalue weighted by molar-refractivity contribution is 5.91. The zero-order chi connectivity index (χ0) is 15.9. The molecule has 0 spiro atoms. The van der Waals surface area contributed by atoms with Gasteiger partial charge in [-0.1, -0.05) is 12.8 Å². The van der Waals surface area contributed by atoms with Crippen LogP contribution in [0.4, 0.5) is 0 Å². The topological polar surface area (TPSA) is 71.1 Å². The molecule has 2 saturated carbocycles. The summed E-state index contributed by atoms with van der Waals surface area (Å²) < 4.78 is 5.47. The quantitative estimate of drug-likeness (QED) is 0.809. The molecule has 0 aromatic carbocycles. The molecule has 0 aromatic heterocycles. The summed E-state index contributed by atoms with van der Waals surface area (Å²) in [5.41, 5.74) is 5.44. The number of aliphatic imine (C=N–C) groups is 1. The van der Waals surface area contributed by atoms with Crippen LogP contribution in [0, 0.1) is 11.8 Å². The predicted octanol–water partition coefficient (Wildman–Crippen LogP) is 1.54. The van der Waals surface area contributed by atoms with Gasteiger partial charge in [-0.3, -0.25) is 9.89 Å². The molecule has 3 N–H and O–H groups in total. The summed E-state index contributed by atoms with van der Waals surface area (Å²) in [5, 5.41) is 11.5. The van der Waals surface area contributed by atoms with Gasteiger partial charge in [0.1, 0.15) is 11.4 Å². The lowest BCUT2D eigenvalue weighted by Gasteiger charge is -2.45. The molecule has 4 rings (SSSR count). The number of hydrogen-bond acceptors (Lipinski definition) is 5. The molecule has 5 heteroatoms. The molecule has 1 saturated heterocycles. The number of morpholine rings is 1. The highest BCUT2D eigenvalue weighted by atomic mass is 16.5. The second-order valence-electron chi connectivity index (χ2n) is 7.95.